The number of carbonyl (C=O) groups is 3. The van der Waals surface area contributed by atoms with Gasteiger partial charge in [-0.15, -0.1) is 0 Å². The maximum Gasteiger partial charge on any atom is 0.337 e. The summed E-state index contributed by atoms with van der Waals surface area (Å²) in [7, 11) is 2.65. The number of rotatable bonds is 8. The fraction of sp³-hybridized carbons (Fsp3) is 0.269. The molecule has 0 fully saturated rings. The largest absolute Gasteiger partial charge is 0.469 e. The second-order valence-electron chi connectivity index (χ2n) is 8.07. The van der Waals surface area contributed by atoms with Crippen molar-refractivity contribution in [1.82, 2.24) is 4.57 Å². The molecular formula is C26H26N2O7. The van der Waals surface area contributed by atoms with Crippen LogP contribution < -0.4 is 15.2 Å². The fourth-order valence-electron chi connectivity index (χ4n) is 4.32. The summed E-state index contributed by atoms with van der Waals surface area (Å²) in [6.07, 6.45) is 0.436. The molecule has 2 aromatic carbocycles. The van der Waals surface area contributed by atoms with Gasteiger partial charge in [-0.3, -0.25) is 9.59 Å². The molecule has 1 aliphatic rings. The zero-order valence-electron chi connectivity index (χ0n) is 19.8. The van der Waals surface area contributed by atoms with Crippen molar-refractivity contribution in [3.05, 3.63) is 70.5 Å². The highest BCUT2D eigenvalue weighted by atomic mass is 16.7. The Balaban J connectivity index is 1.84. The molecule has 182 valence electrons. The van der Waals surface area contributed by atoms with E-state index >= 15 is 0 Å². The Morgan fingerprint density at radius 3 is 2.37 bits per heavy atom. The van der Waals surface area contributed by atoms with Gasteiger partial charge in [-0.05, 0) is 48.7 Å². The number of primary amides is 1. The number of fused-ring (bicyclic) bond motifs is 1. The quantitative estimate of drug-likeness (QED) is 0.494. The van der Waals surface area contributed by atoms with Gasteiger partial charge in [-0.25, -0.2) is 4.79 Å². The number of amides is 1. The third-order valence-electron chi connectivity index (χ3n) is 6.04. The SMILES string of the molecule is COC(=O)CCc1c(-c2ccc(C(=O)OC)cc2)c(C(N)=O)c(C)n1Cc1ccc2c(c1)OCO2. The van der Waals surface area contributed by atoms with E-state index in [1.54, 1.807) is 24.3 Å². The number of hydrogen-bond acceptors (Lipinski definition) is 7. The molecule has 0 bridgehead atoms. The van der Waals surface area contributed by atoms with E-state index in [2.05, 4.69) is 0 Å². The highest BCUT2D eigenvalue weighted by Gasteiger charge is 2.26. The Labute approximate surface area is 202 Å². The number of benzene rings is 2. The van der Waals surface area contributed by atoms with Gasteiger partial charge in [0.05, 0.1) is 31.8 Å². The van der Waals surface area contributed by atoms with E-state index in [9.17, 15) is 14.4 Å². The van der Waals surface area contributed by atoms with E-state index in [1.165, 1.54) is 14.2 Å². The second-order valence-corrected chi connectivity index (χ2v) is 8.07. The Hall–Kier alpha value is -4.27. The molecule has 35 heavy (non-hydrogen) atoms. The van der Waals surface area contributed by atoms with E-state index in [0.717, 1.165) is 11.3 Å². The third kappa shape index (κ3) is 4.70. The normalized spacial score (nSPS) is 11.9. The predicted octanol–water partition coefficient (Wildman–Crippen LogP) is 3.23. The highest BCUT2D eigenvalue weighted by Crippen LogP contribution is 2.36. The summed E-state index contributed by atoms with van der Waals surface area (Å²) >= 11 is 0. The molecule has 0 saturated heterocycles. The molecule has 0 spiro atoms. The average molecular weight is 479 g/mol. The number of nitrogens with zero attached hydrogens (tertiary/aromatic N) is 1. The fourth-order valence-corrected chi connectivity index (χ4v) is 4.32. The van der Waals surface area contributed by atoms with Crippen molar-refractivity contribution in [2.75, 3.05) is 21.0 Å². The molecule has 3 aromatic rings. The molecule has 0 saturated carbocycles. The van der Waals surface area contributed by atoms with Gasteiger partial charge in [-0.2, -0.15) is 0 Å². The number of ether oxygens (including phenoxy) is 4. The summed E-state index contributed by atoms with van der Waals surface area (Å²) in [5.41, 5.74) is 10.2. The van der Waals surface area contributed by atoms with Crippen LogP contribution in [0.1, 0.15) is 44.1 Å². The first-order chi connectivity index (χ1) is 16.8. The van der Waals surface area contributed by atoms with E-state index in [4.69, 9.17) is 24.7 Å². The number of methoxy groups -OCH3 is 2. The van der Waals surface area contributed by atoms with Crippen LogP contribution in [0, 0.1) is 6.92 Å². The van der Waals surface area contributed by atoms with Crippen LogP contribution in [0.15, 0.2) is 42.5 Å². The Morgan fingerprint density at radius 2 is 1.71 bits per heavy atom. The lowest BCUT2D eigenvalue weighted by molar-refractivity contribution is -0.140. The monoisotopic (exact) mass is 478 g/mol. The standard InChI is InChI=1S/C26H26N2O7/c1-15-23(25(27)30)24(17-5-7-18(8-6-17)26(31)33-3)19(9-11-22(29)32-2)28(15)13-16-4-10-20-21(12-16)35-14-34-20/h4-8,10,12H,9,11,13-14H2,1-3H3,(H2,27,30). The molecule has 9 heteroatoms. The Morgan fingerprint density at radius 1 is 1.00 bits per heavy atom. The predicted molar refractivity (Wildman–Crippen MR) is 126 cm³/mol. The summed E-state index contributed by atoms with van der Waals surface area (Å²) in [4.78, 5) is 36.5. The molecule has 0 radical (unpaired) electrons. The minimum Gasteiger partial charge on any atom is -0.469 e. The summed E-state index contributed by atoms with van der Waals surface area (Å²) in [5.74, 6) is -0.0937. The summed E-state index contributed by atoms with van der Waals surface area (Å²) < 4.78 is 22.5. The van der Waals surface area contributed by atoms with Crippen molar-refractivity contribution < 1.29 is 33.3 Å². The number of aromatic nitrogens is 1. The van der Waals surface area contributed by atoms with E-state index in [0.29, 0.717) is 52.4 Å². The number of esters is 2. The first kappa shape index (κ1) is 23.9. The Bertz CT molecular complexity index is 1290. The summed E-state index contributed by atoms with van der Waals surface area (Å²) in [5, 5.41) is 0. The maximum atomic E-state index is 12.6. The van der Waals surface area contributed by atoms with Crippen molar-refractivity contribution in [3.63, 3.8) is 0 Å². The first-order valence-electron chi connectivity index (χ1n) is 11.0. The molecule has 1 aromatic heterocycles. The van der Waals surface area contributed by atoms with Crippen LogP contribution in [0.5, 0.6) is 11.5 Å². The van der Waals surface area contributed by atoms with Gasteiger partial charge in [0.2, 0.25) is 6.79 Å². The van der Waals surface area contributed by atoms with Gasteiger partial charge in [-0.1, -0.05) is 18.2 Å². The minimum atomic E-state index is -0.585. The van der Waals surface area contributed by atoms with Crippen LogP contribution >= 0.6 is 0 Å². The topological polar surface area (TPSA) is 119 Å². The number of nitrogens with two attached hydrogens (primary N) is 1. The van der Waals surface area contributed by atoms with Crippen molar-refractivity contribution in [1.29, 1.82) is 0 Å². The molecule has 2 heterocycles. The van der Waals surface area contributed by atoms with Gasteiger partial charge in [0.15, 0.2) is 11.5 Å². The van der Waals surface area contributed by atoms with Gasteiger partial charge >= 0.3 is 11.9 Å². The Kier molecular flexibility index (Phi) is 6.77. The molecule has 4 rings (SSSR count). The van der Waals surface area contributed by atoms with Crippen molar-refractivity contribution in [3.8, 4) is 22.6 Å². The van der Waals surface area contributed by atoms with Crippen molar-refractivity contribution in [2.45, 2.75) is 26.3 Å². The molecule has 0 unspecified atom stereocenters. The number of hydrogen-bond donors (Lipinski definition) is 1. The molecule has 0 atom stereocenters. The van der Waals surface area contributed by atoms with Gasteiger partial charge < -0.3 is 29.2 Å². The van der Waals surface area contributed by atoms with Crippen molar-refractivity contribution in [2.24, 2.45) is 5.73 Å². The summed E-state index contributed by atoms with van der Waals surface area (Å²) in [6, 6.07) is 12.4. The third-order valence-corrected chi connectivity index (χ3v) is 6.04. The average Bonchev–Trinajstić information content (AvgIpc) is 3.44. The van der Waals surface area contributed by atoms with E-state index < -0.39 is 11.9 Å². The first-order valence-corrected chi connectivity index (χ1v) is 11.0. The van der Waals surface area contributed by atoms with E-state index in [-0.39, 0.29) is 19.2 Å². The zero-order chi connectivity index (χ0) is 25.1. The molecule has 0 aliphatic carbocycles. The lowest BCUT2D eigenvalue weighted by Crippen LogP contribution is -2.13. The molecule has 9 nitrogen and oxygen atoms in total. The summed E-state index contributed by atoms with van der Waals surface area (Å²) in [6.45, 7) is 2.41. The van der Waals surface area contributed by atoms with Gasteiger partial charge in [0.25, 0.3) is 5.91 Å². The van der Waals surface area contributed by atoms with Crippen molar-refractivity contribution >= 4 is 17.8 Å². The van der Waals surface area contributed by atoms with Crippen LogP contribution in [0.3, 0.4) is 0 Å². The zero-order valence-corrected chi connectivity index (χ0v) is 19.8. The molecule has 1 aliphatic heterocycles. The molecule has 1 amide bonds. The maximum absolute atomic E-state index is 12.6. The lowest BCUT2D eigenvalue weighted by Gasteiger charge is -2.14. The van der Waals surface area contributed by atoms with Crippen LogP contribution in [0.25, 0.3) is 11.1 Å². The van der Waals surface area contributed by atoms with Crippen LogP contribution in [-0.4, -0.2) is 43.4 Å². The van der Waals surface area contributed by atoms with Crippen LogP contribution in [0.2, 0.25) is 0 Å². The van der Waals surface area contributed by atoms with Gasteiger partial charge in [0.1, 0.15) is 0 Å². The lowest BCUT2D eigenvalue weighted by atomic mass is 9.97. The van der Waals surface area contributed by atoms with Gasteiger partial charge in [0, 0.05) is 23.5 Å². The smallest absolute Gasteiger partial charge is 0.337 e. The molecular weight excluding hydrogens is 452 g/mol. The van der Waals surface area contributed by atoms with Crippen LogP contribution in [0.4, 0.5) is 0 Å². The second kappa shape index (κ2) is 9.92. The minimum absolute atomic E-state index is 0.118. The number of carbonyl (C=O) groups excluding carboxylic acids is 3. The highest BCUT2D eigenvalue weighted by molar-refractivity contribution is 6.02. The molecule has 2 N–H and O–H groups in total. The van der Waals surface area contributed by atoms with Crippen LogP contribution in [-0.2, 0) is 27.2 Å². The van der Waals surface area contributed by atoms with E-state index in [1.807, 2.05) is 29.7 Å².